The summed E-state index contributed by atoms with van der Waals surface area (Å²) in [6.45, 7) is 6.05. The van der Waals surface area contributed by atoms with Crippen molar-refractivity contribution >= 4 is 0 Å². The van der Waals surface area contributed by atoms with E-state index in [2.05, 4.69) is 24.1 Å². The summed E-state index contributed by atoms with van der Waals surface area (Å²) in [7, 11) is 0. The molecule has 1 aliphatic rings. The maximum atomic E-state index is 5.71. The third-order valence-corrected chi connectivity index (χ3v) is 2.84. The van der Waals surface area contributed by atoms with Crippen LogP contribution in [0.25, 0.3) is 0 Å². The van der Waals surface area contributed by atoms with Gasteiger partial charge >= 0.3 is 0 Å². The minimum atomic E-state index is 0.485. The number of ether oxygens (including phenoxy) is 1. The highest BCUT2D eigenvalue weighted by molar-refractivity contribution is 4.95. The lowest BCUT2D eigenvalue weighted by molar-refractivity contribution is -0.00295. The first-order valence-electron chi connectivity index (χ1n) is 6.11. The Morgan fingerprint density at radius 3 is 3.07 bits per heavy atom. The molecule has 2 heteroatoms. The fraction of sp³-hybridized carbons (Fsp3) is 0.846. The van der Waals surface area contributed by atoms with Crippen LogP contribution in [0.5, 0.6) is 0 Å². The molecule has 2 atom stereocenters. The van der Waals surface area contributed by atoms with E-state index in [0.717, 1.165) is 26.0 Å². The minimum absolute atomic E-state index is 0.485. The van der Waals surface area contributed by atoms with Crippen molar-refractivity contribution in [2.24, 2.45) is 0 Å². The van der Waals surface area contributed by atoms with Crippen LogP contribution >= 0.6 is 0 Å². The van der Waals surface area contributed by atoms with Crippen LogP contribution in [0.2, 0.25) is 0 Å². The van der Waals surface area contributed by atoms with Crippen LogP contribution in [-0.4, -0.2) is 25.3 Å². The SMILES string of the molecule is CC#CCCNC1CCOC(CCC)C1. The predicted octanol–water partition coefficient (Wildman–Crippen LogP) is 2.34. The highest BCUT2D eigenvalue weighted by Crippen LogP contribution is 2.17. The molecule has 0 bridgehead atoms. The zero-order chi connectivity index (χ0) is 10.9. The number of nitrogens with one attached hydrogen (secondary N) is 1. The maximum absolute atomic E-state index is 5.71. The van der Waals surface area contributed by atoms with E-state index in [1.807, 2.05) is 6.92 Å². The van der Waals surface area contributed by atoms with Crippen molar-refractivity contribution in [2.75, 3.05) is 13.2 Å². The van der Waals surface area contributed by atoms with E-state index in [0.29, 0.717) is 12.1 Å². The van der Waals surface area contributed by atoms with E-state index < -0.39 is 0 Å². The molecule has 1 fully saturated rings. The average molecular weight is 209 g/mol. The molecule has 1 rings (SSSR count). The maximum Gasteiger partial charge on any atom is 0.0589 e. The van der Waals surface area contributed by atoms with Gasteiger partial charge in [-0.1, -0.05) is 13.3 Å². The second-order valence-electron chi connectivity index (χ2n) is 4.13. The molecular weight excluding hydrogens is 186 g/mol. The third-order valence-electron chi connectivity index (χ3n) is 2.84. The largest absolute Gasteiger partial charge is 0.378 e. The molecule has 0 amide bonds. The molecule has 0 radical (unpaired) electrons. The van der Waals surface area contributed by atoms with Crippen molar-refractivity contribution in [1.82, 2.24) is 5.32 Å². The quantitative estimate of drug-likeness (QED) is 0.554. The van der Waals surface area contributed by atoms with E-state index in [9.17, 15) is 0 Å². The molecule has 2 unspecified atom stereocenters. The van der Waals surface area contributed by atoms with Gasteiger partial charge in [-0.25, -0.2) is 0 Å². The predicted molar refractivity (Wildman–Crippen MR) is 63.7 cm³/mol. The van der Waals surface area contributed by atoms with Gasteiger partial charge in [0, 0.05) is 25.6 Å². The first kappa shape index (κ1) is 12.5. The Morgan fingerprint density at radius 2 is 2.33 bits per heavy atom. The van der Waals surface area contributed by atoms with Crippen molar-refractivity contribution in [3.05, 3.63) is 0 Å². The summed E-state index contributed by atoms with van der Waals surface area (Å²) in [5.74, 6) is 6.00. The van der Waals surface area contributed by atoms with Crippen LogP contribution in [0.15, 0.2) is 0 Å². The van der Waals surface area contributed by atoms with Crippen molar-refractivity contribution in [2.45, 2.75) is 58.1 Å². The van der Waals surface area contributed by atoms with Crippen LogP contribution in [0.4, 0.5) is 0 Å². The summed E-state index contributed by atoms with van der Waals surface area (Å²) >= 11 is 0. The highest BCUT2D eigenvalue weighted by Gasteiger charge is 2.20. The van der Waals surface area contributed by atoms with E-state index in [1.54, 1.807) is 0 Å². The standard InChI is InChI=1S/C13H23NO/c1-3-5-6-9-14-12-8-10-15-13(11-12)7-4-2/h12-14H,4,6-11H2,1-2H3. The highest BCUT2D eigenvalue weighted by atomic mass is 16.5. The summed E-state index contributed by atoms with van der Waals surface area (Å²) < 4.78 is 5.71. The summed E-state index contributed by atoms with van der Waals surface area (Å²) in [5.41, 5.74) is 0. The van der Waals surface area contributed by atoms with E-state index in [1.165, 1.54) is 19.3 Å². The molecule has 1 aliphatic heterocycles. The molecule has 0 aromatic heterocycles. The molecule has 2 nitrogen and oxygen atoms in total. The zero-order valence-electron chi connectivity index (χ0n) is 10.0. The Kier molecular flexibility index (Phi) is 6.47. The van der Waals surface area contributed by atoms with Crippen LogP contribution in [0, 0.1) is 11.8 Å². The van der Waals surface area contributed by atoms with Gasteiger partial charge in [-0.2, -0.15) is 0 Å². The second kappa shape index (κ2) is 7.73. The molecule has 1 heterocycles. The number of hydrogen-bond acceptors (Lipinski definition) is 2. The van der Waals surface area contributed by atoms with Crippen LogP contribution < -0.4 is 5.32 Å². The van der Waals surface area contributed by atoms with Crippen LogP contribution in [0.1, 0.15) is 46.0 Å². The normalized spacial score (nSPS) is 25.7. The Bertz CT molecular complexity index is 214. The fourth-order valence-corrected chi connectivity index (χ4v) is 2.05. The molecule has 0 aromatic carbocycles. The topological polar surface area (TPSA) is 21.3 Å². The molecule has 0 saturated carbocycles. The zero-order valence-corrected chi connectivity index (χ0v) is 10.0. The molecule has 0 spiro atoms. The van der Waals surface area contributed by atoms with Crippen LogP contribution in [-0.2, 0) is 4.74 Å². The molecular formula is C13H23NO. The van der Waals surface area contributed by atoms with Gasteiger partial charge in [0.15, 0.2) is 0 Å². The van der Waals surface area contributed by atoms with Gasteiger partial charge in [0.05, 0.1) is 6.10 Å². The van der Waals surface area contributed by atoms with Gasteiger partial charge in [-0.15, -0.1) is 11.8 Å². The van der Waals surface area contributed by atoms with Crippen molar-refractivity contribution in [3.8, 4) is 11.8 Å². The van der Waals surface area contributed by atoms with Crippen molar-refractivity contribution in [1.29, 1.82) is 0 Å². The van der Waals surface area contributed by atoms with Gasteiger partial charge in [-0.05, 0) is 26.2 Å². The summed E-state index contributed by atoms with van der Waals surface area (Å²) in [4.78, 5) is 0. The lowest BCUT2D eigenvalue weighted by Crippen LogP contribution is -2.39. The number of rotatable bonds is 5. The molecule has 15 heavy (non-hydrogen) atoms. The lowest BCUT2D eigenvalue weighted by atomic mass is 10.00. The molecule has 0 aromatic rings. The Hall–Kier alpha value is -0.520. The van der Waals surface area contributed by atoms with Gasteiger partial charge < -0.3 is 10.1 Å². The monoisotopic (exact) mass is 209 g/mol. The molecule has 1 N–H and O–H groups in total. The third kappa shape index (κ3) is 5.20. The van der Waals surface area contributed by atoms with Gasteiger partial charge in [0.25, 0.3) is 0 Å². The first-order chi connectivity index (χ1) is 7.36. The van der Waals surface area contributed by atoms with Crippen molar-refractivity contribution in [3.63, 3.8) is 0 Å². The Morgan fingerprint density at radius 1 is 1.47 bits per heavy atom. The lowest BCUT2D eigenvalue weighted by Gasteiger charge is -2.30. The molecule has 0 aliphatic carbocycles. The first-order valence-corrected chi connectivity index (χ1v) is 6.11. The Labute approximate surface area is 93.8 Å². The Balaban J connectivity index is 2.14. The minimum Gasteiger partial charge on any atom is -0.378 e. The molecule has 86 valence electrons. The van der Waals surface area contributed by atoms with Gasteiger partial charge in [-0.3, -0.25) is 0 Å². The fourth-order valence-electron chi connectivity index (χ4n) is 2.05. The van der Waals surface area contributed by atoms with E-state index in [-0.39, 0.29) is 0 Å². The summed E-state index contributed by atoms with van der Waals surface area (Å²) in [6.07, 6.45) is 6.20. The summed E-state index contributed by atoms with van der Waals surface area (Å²) in [6, 6.07) is 0.647. The van der Waals surface area contributed by atoms with Gasteiger partial charge in [0.1, 0.15) is 0 Å². The van der Waals surface area contributed by atoms with E-state index in [4.69, 9.17) is 4.74 Å². The molecule has 1 saturated heterocycles. The van der Waals surface area contributed by atoms with Crippen molar-refractivity contribution < 1.29 is 4.74 Å². The smallest absolute Gasteiger partial charge is 0.0589 e. The van der Waals surface area contributed by atoms with E-state index >= 15 is 0 Å². The second-order valence-corrected chi connectivity index (χ2v) is 4.13. The average Bonchev–Trinajstić information content (AvgIpc) is 2.26. The number of hydrogen-bond donors (Lipinski definition) is 1. The summed E-state index contributed by atoms with van der Waals surface area (Å²) in [5, 5.41) is 3.56. The van der Waals surface area contributed by atoms with Crippen LogP contribution in [0.3, 0.4) is 0 Å². The van der Waals surface area contributed by atoms with Gasteiger partial charge in [0.2, 0.25) is 0 Å².